The molecule has 0 bridgehead atoms. The van der Waals surface area contributed by atoms with Gasteiger partial charge in [0, 0.05) is 31.5 Å². The second-order valence-corrected chi connectivity index (χ2v) is 5.85. The van der Waals surface area contributed by atoms with Gasteiger partial charge in [0.2, 0.25) is 0 Å². The molecule has 4 nitrogen and oxygen atoms in total. The van der Waals surface area contributed by atoms with Crippen LogP contribution in [-0.4, -0.2) is 35.6 Å². The van der Waals surface area contributed by atoms with Crippen LogP contribution in [-0.2, 0) is 18.2 Å². The van der Waals surface area contributed by atoms with E-state index in [0.29, 0.717) is 5.92 Å². The first kappa shape index (κ1) is 16.0. The van der Waals surface area contributed by atoms with Crippen molar-refractivity contribution < 1.29 is 4.74 Å². The van der Waals surface area contributed by atoms with Gasteiger partial charge in [-0.25, -0.2) is 0 Å². The topological polar surface area (TPSA) is 39.1 Å². The summed E-state index contributed by atoms with van der Waals surface area (Å²) in [5.41, 5.74) is 2.32. The SMILES string of the molecule is CCOC(C(C)C)C(Cc1nn(C)c2ccccc12)NC. The van der Waals surface area contributed by atoms with Gasteiger partial charge in [-0.2, -0.15) is 5.10 Å². The van der Waals surface area contributed by atoms with Gasteiger partial charge in [-0.15, -0.1) is 0 Å². The lowest BCUT2D eigenvalue weighted by atomic mass is 9.95. The molecule has 1 heterocycles. The molecule has 2 unspecified atom stereocenters. The molecule has 116 valence electrons. The van der Waals surface area contributed by atoms with Crippen LogP contribution in [0.15, 0.2) is 24.3 Å². The minimum atomic E-state index is 0.195. The van der Waals surface area contributed by atoms with Crippen molar-refractivity contribution in [2.45, 2.75) is 39.3 Å². The van der Waals surface area contributed by atoms with E-state index in [9.17, 15) is 0 Å². The monoisotopic (exact) mass is 289 g/mol. The van der Waals surface area contributed by atoms with Gasteiger partial charge in [0.25, 0.3) is 0 Å². The van der Waals surface area contributed by atoms with Crippen molar-refractivity contribution in [3.05, 3.63) is 30.0 Å². The van der Waals surface area contributed by atoms with Gasteiger partial charge in [-0.05, 0) is 26.0 Å². The largest absolute Gasteiger partial charge is 0.377 e. The fourth-order valence-electron chi connectivity index (χ4n) is 3.00. The number of para-hydroxylation sites is 1. The van der Waals surface area contributed by atoms with E-state index in [-0.39, 0.29) is 12.1 Å². The van der Waals surface area contributed by atoms with Crippen LogP contribution in [0.25, 0.3) is 10.9 Å². The number of hydrogen-bond acceptors (Lipinski definition) is 3. The highest BCUT2D eigenvalue weighted by Gasteiger charge is 2.25. The molecule has 0 aliphatic heterocycles. The zero-order valence-electron chi connectivity index (χ0n) is 13.8. The van der Waals surface area contributed by atoms with Crippen molar-refractivity contribution in [1.82, 2.24) is 15.1 Å². The molecule has 2 aromatic rings. The van der Waals surface area contributed by atoms with E-state index in [1.54, 1.807) is 0 Å². The summed E-state index contributed by atoms with van der Waals surface area (Å²) >= 11 is 0. The second kappa shape index (κ2) is 7.05. The Morgan fingerprint density at radius 3 is 2.62 bits per heavy atom. The Bertz CT molecular complexity index is 576. The van der Waals surface area contributed by atoms with Crippen LogP contribution in [0.3, 0.4) is 0 Å². The molecule has 0 amide bonds. The van der Waals surface area contributed by atoms with Crippen molar-refractivity contribution in [1.29, 1.82) is 0 Å². The van der Waals surface area contributed by atoms with Crippen molar-refractivity contribution in [2.75, 3.05) is 13.7 Å². The standard InChI is InChI=1S/C17H27N3O/c1-6-21-17(12(2)3)15(18-4)11-14-13-9-7-8-10-16(13)20(5)19-14/h7-10,12,15,17-18H,6,11H2,1-5H3. The Morgan fingerprint density at radius 2 is 2.00 bits per heavy atom. The molecule has 21 heavy (non-hydrogen) atoms. The van der Waals surface area contributed by atoms with E-state index < -0.39 is 0 Å². The Balaban J connectivity index is 2.28. The fourth-order valence-corrected chi connectivity index (χ4v) is 3.00. The van der Waals surface area contributed by atoms with E-state index >= 15 is 0 Å². The van der Waals surface area contributed by atoms with Crippen LogP contribution in [0.5, 0.6) is 0 Å². The Labute approximate surface area is 127 Å². The predicted molar refractivity (Wildman–Crippen MR) is 87.5 cm³/mol. The average molecular weight is 289 g/mol. The smallest absolute Gasteiger partial charge is 0.0754 e. The van der Waals surface area contributed by atoms with Crippen molar-refractivity contribution >= 4 is 10.9 Å². The third-order valence-electron chi connectivity index (χ3n) is 4.03. The third-order valence-corrected chi connectivity index (χ3v) is 4.03. The number of nitrogens with one attached hydrogen (secondary N) is 1. The predicted octanol–water partition coefficient (Wildman–Crippen LogP) is 2.76. The van der Waals surface area contributed by atoms with Crippen LogP contribution in [0.1, 0.15) is 26.5 Å². The number of aromatic nitrogens is 2. The van der Waals surface area contributed by atoms with Crippen LogP contribution < -0.4 is 5.32 Å². The zero-order chi connectivity index (χ0) is 15.4. The Kier molecular flexibility index (Phi) is 5.37. The third kappa shape index (κ3) is 3.44. The highest BCUT2D eigenvalue weighted by Crippen LogP contribution is 2.21. The van der Waals surface area contributed by atoms with Gasteiger partial charge < -0.3 is 10.1 Å². The molecule has 0 aliphatic carbocycles. The minimum Gasteiger partial charge on any atom is -0.377 e. The van der Waals surface area contributed by atoms with Gasteiger partial charge in [0.05, 0.1) is 17.3 Å². The highest BCUT2D eigenvalue weighted by molar-refractivity contribution is 5.81. The molecule has 2 rings (SSSR count). The van der Waals surface area contributed by atoms with E-state index in [1.165, 1.54) is 10.9 Å². The molecule has 2 atom stereocenters. The molecular weight excluding hydrogens is 262 g/mol. The number of nitrogens with zero attached hydrogens (tertiary/aromatic N) is 2. The number of ether oxygens (including phenoxy) is 1. The molecule has 1 aromatic carbocycles. The fraction of sp³-hybridized carbons (Fsp3) is 0.588. The van der Waals surface area contributed by atoms with Crippen molar-refractivity contribution in [3.8, 4) is 0 Å². The van der Waals surface area contributed by atoms with Gasteiger partial charge in [0.1, 0.15) is 0 Å². The lowest BCUT2D eigenvalue weighted by Gasteiger charge is -2.29. The lowest BCUT2D eigenvalue weighted by Crippen LogP contribution is -2.44. The van der Waals surface area contributed by atoms with E-state index in [1.807, 2.05) is 18.8 Å². The van der Waals surface area contributed by atoms with Crippen LogP contribution in [0, 0.1) is 5.92 Å². The average Bonchev–Trinajstić information content (AvgIpc) is 2.79. The summed E-state index contributed by atoms with van der Waals surface area (Å²) in [5, 5.41) is 9.35. The number of fused-ring (bicyclic) bond motifs is 1. The number of aryl methyl sites for hydroxylation is 1. The maximum absolute atomic E-state index is 5.95. The molecule has 1 N–H and O–H groups in total. The number of hydrogen-bond donors (Lipinski definition) is 1. The Hall–Kier alpha value is -1.39. The van der Waals surface area contributed by atoms with Gasteiger partial charge in [-0.1, -0.05) is 32.0 Å². The first-order valence-corrected chi connectivity index (χ1v) is 7.78. The minimum absolute atomic E-state index is 0.195. The molecular formula is C17H27N3O. The number of likely N-dealkylation sites (N-methyl/N-ethyl adjacent to an activating group) is 1. The number of benzene rings is 1. The van der Waals surface area contributed by atoms with E-state index in [2.05, 4.69) is 50.4 Å². The zero-order valence-corrected chi connectivity index (χ0v) is 13.8. The molecule has 0 saturated carbocycles. The van der Waals surface area contributed by atoms with E-state index in [0.717, 1.165) is 18.7 Å². The first-order valence-electron chi connectivity index (χ1n) is 7.78. The summed E-state index contributed by atoms with van der Waals surface area (Å²) < 4.78 is 7.91. The van der Waals surface area contributed by atoms with Crippen molar-refractivity contribution in [2.24, 2.45) is 13.0 Å². The quantitative estimate of drug-likeness (QED) is 0.852. The molecule has 0 spiro atoms. The number of rotatable bonds is 7. The van der Waals surface area contributed by atoms with Crippen molar-refractivity contribution in [3.63, 3.8) is 0 Å². The summed E-state index contributed by atoms with van der Waals surface area (Å²) in [6.45, 7) is 7.21. The van der Waals surface area contributed by atoms with Crippen LogP contribution in [0.4, 0.5) is 0 Å². The van der Waals surface area contributed by atoms with Gasteiger partial charge in [0.15, 0.2) is 0 Å². The molecule has 0 saturated heterocycles. The molecule has 1 aromatic heterocycles. The summed E-state index contributed by atoms with van der Waals surface area (Å²) in [6, 6.07) is 8.66. The Morgan fingerprint density at radius 1 is 1.29 bits per heavy atom. The van der Waals surface area contributed by atoms with Crippen LogP contribution >= 0.6 is 0 Å². The first-order chi connectivity index (χ1) is 10.1. The molecule has 0 fully saturated rings. The highest BCUT2D eigenvalue weighted by atomic mass is 16.5. The summed E-state index contributed by atoms with van der Waals surface area (Å²) in [4.78, 5) is 0. The maximum Gasteiger partial charge on any atom is 0.0754 e. The summed E-state index contributed by atoms with van der Waals surface area (Å²) in [6.07, 6.45) is 1.07. The molecule has 0 aliphatic rings. The summed E-state index contributed by atoms with van der Waals surface area (Å²) in [5.74, 6) is 0.470. The maximum atomic E-state index is 5.95. The van der Waals surface area contributed by atoms with Crippen LogP contribution in [0.2, 0.25) is 0 Å². The summed E-state index contributed by atoms with van der Waals surface area (Å²) in [7, 11) is 4.01. The van der Waals surface area contributed by atoms with E-state index in [4.69, 9.17) is 9.84 Å². The van der Waals surface area contributed by atoms with Gasteiger partial charge >= 0.3 is 0 Å². The molecule has 4 heteroatoms. The normalized spacial score (nSPS) is 14.8. The molecule has 0 radical (unpaired) electrons. The second-order valence-electron chi connectivity index (χ2n) is 5.85. The lowest BCUT2D eigenvalue weighted by molar-refractivity contribution is 0.00519. The van der Waals surface area contributed by atoms with Gasteiger partial charge in [-0.3, -0.25) is 4.68 Å².